The Morgan fingerprint density at radius 2 is 2.18 bits per heavy atom. The third-order valence-corrected chi connectivity index (χ3v) is 6.23. The van der Waals surface area contributed by atoms with Gasteiger partial charge in [0.25, 0.3) is 0 Å². The van der Waals surface area contributed by atoms with Crippen LogP contribution in [-0.2, 0) is 4.79 Å². The molecule has 0 aliphatic heterocycles. The topological polar surface area (TPSA) is 37.3 Å². The standard InChI is InChI=1S/C15H22O2/c1-9-5-4-6-10-7-8-11-12(14(9,10)2)15(11,3)13(16)17/h7,9,11-12H,4-6,8H2,1-3H3,(H,16,17)/t9-,11-,12-,14+,15+/m0/s1. The molecule has 0 spiro atoms. The molecular weight excluding hydrogens is 212 g/mol. The molecule has 3 rings (SSSR count). The maximum Gasteiger partial charge on any atom is 0.309 e. The Kier molecular flexibility index (Phi) is 2.10. The van der Waals surface area contributed by atoms with Crippen LogP contribution < -0.4 is 0 Å². The summed E-state index contributed by atoms with van der Waals surface area (Å²) < 4.78 is 0. The SMILES string of the molecule is C[C@H]1CCCC2=CC[C@H]3[C@H]([C@]3(C)C(=O)O)[C@@]21C. The fraction of sp³-hybridized carbons (Fsp3) is 0.800. The number of fused-ring (bicyclic) bond motifs is 3. The van der Waals surface area contributed by atoms with Crippen molar-refractivity contribution in [2.45, 2.75) is 46.5 Å². The number of carbonyl (C=O) groups is 1. The van der Waals surface area contributed by atoms with E-state index in [1.54, 1.807) is 5.57 Å². The molecule has 17 heavy (non-hydrogen) atoms. The number of carboxylic acid groups (broad SMARTS) is 1. The third-order valence-electron chi connectivity index (χ3n) is 6.23. The molecule has 2 heteroatoms. The van der Waals surface area contributed by atoms with Crippen molar-refractivity contribution in [1.29, 1.82) is 0 Å². The van der Waals surface area contributed by atoms with Crippen LogP contribution in [0.1, 0.15) is 46.5 Å². The Labute approximate surface area is 103 Å². The monoisotopic (exact) mass is 234 g/mol. The Morgan fingerprint density at radius 1 is 1.47 bits per heavy atom. The lowest BCUT2D eigenvalue weighted by molar-refractivity contribution is -0.144. The first-order chi connectivity index (χ1) is 7.93. The second-order valence-electron chi connectivity index (χ2n) is 6.71. The van der Waals surface area contributed by atoms with Crippen LogP contribution in [0.3, 0.4) is 0 Å². The zero-order chi connectivity index (χ0) is 12.4. The van der Waals surface area contributed by atoms with Crippen molar-refractivity contribution >= 4 is 5.97 Å². The van der Waals surface area contributed by atoms with Gasteiger partial charge in [0, 0.05) is 0 Å². The first kappa shape index (κ1) is 11.3. The molecule has 0 unspecified atom stereocenters. The summed E-state index contributed by atoms with van der Waals surface area (Å²) in [6, 6.07) is 0. The van der Waals surface area contributed by atoms with E-state index >= 15 is 0 Å². The summed E-state index contributed by atoms with van der Waals surface area (Å²) in [5.74, 6) is 0.815. The van der Waals surface area contributed by atoms with Crippen LogP contribution in [0, 0.1) is 28.6 Å². The minimum Gasteiger partial charge on any atom is -0.481 e. The van der Waals surface area contributed by atoms with Crippen LogP contribution in [0.15, 0.2) is 11.6 Å². The van der Waals surface area contributed by atoms with Crippen LogP contribution >= 0.6 is 0 Å². The van der Waals surface area contributed by atoms with Crippen LogP contribution in [0.5, 0.6) is 0 Å². The van der Waals surface area contributed by atoms with Crippen molar-refractivity contribution in [2.24, 2.45) is 28.6 Å². The number of carboxylic acids is 1. The van der Waals surface area contributed by atoms with Gasteiger partial charge in [-0.2, -0.15) is 0 Å². The molecule has 94 valence electrons. The highest BCUT2D eigenvalue weighted by molar-refractivity contribution is 5.80. The Balaban J connectivity index is 2.02. The summed E-state index contributed by atoms with van der Waals surface area (Å²) in [5.41, 5.74) is 1.26. The first-order valence-electron chi connectivity index (χ1n) is 6.86. The smallest absolute Gasteiger partial charge is 0.309 e. The molecule has 1 N–H and O–H groups in total. The molecule has 3 aliphatic rings. The highest BCUT2D eigenvalue weighted by Gasteiger charge is 2.74. The second-order valence-corrected chi connectivity index (χ2v) is 6.71. The van der Waals surface area contributed by atoms with E-state index in [0.717, 1.165) is 6.42 Å². The lowest BCUT2D eigenvalue weighted by atomic mass is 9.59. The van der Waals surface area contributed by atoms with Crippen molar-refractivity contribution in [3.8, 4) is 0 Å². The minimum absolute atomic E-state index is 0.161. The summed E-state index contributed by atoms with van der Waals surface area (Å²) in [5, 5.41) is 9.51. The number of aliphatic carboxylic acids is 1. The zero-order valence-corrected chi connectivity index (χ0v) is 11.0. The number of allylic oxidation sites excluding steroid dienone is 2. The molecular formula is C15H22O2. The molecule has 3 aliphatic carbocycles. The van der Waals surface area contributed by atoms with Crippen LogP contribution in [0.4, 0.5) is 0 Å². The average Bonchev–Trinajstić information content (AvgIpc) is 2.90. The fourth-order valence-corrected chi connectivity index (χ4v) is 4.90. The van der Waals surface area contributed by atoms with Gasteiger partial charge in [0.1, 0.15) is 0 Å². The largest absolute Gasteiger partial charge is 0.481 e. The molecule has 2 fully saturated rings. The van der Waals surface area contributed by atoms with E-state index in [-0.39, 0.29) is 5.41 Å². The van der Waals surface area contributed by atoms with Crippen molar-refractivity contribution in [3.05, 3.63) is 11.6 Å². The molecule has 5 atom stereocenters. The predicted octanol–water partition coefficient (Wildman–Crippen LogP) is 3.48. The molecule has 0 heterocycles. The molecule has 0 radical (unpaired) electrons. The van der Waals surface area contributed by atoms with Crippen LogP contribution in [0.25, 0.3) is 0 Å². The molecule has 2 saturated carbocycles. The summed E-state index contributed by atoms with van der Waals surface area (Å²) in [6.45, 7) is 6.61. The summed E-state index contributed by atoms with van der Waals surface area (Å²) >= 11 is 0. The van der Waals surface area contributed by atoms with E-state index in [1.165, 1.54) is 19.3 Å². The lowest BCUT2D eigenvalue weighted by Gasteiger charge is -2.45. The van der Waals surface area contributed by atoms with Gasteiger partial charge in [-0.15, -0.1) is 0 Å². The molecule has 2 nitrogen and oxygen atoms in total. The fourth-order valence-electron chi connectivity index (χ4n) is 4.90. The van der Waals surface area contributed by atoms with Gasteiger partial charge < -0.3 is 5.11 Å². The summed E-state index contributed by atoms with van der Waals surface area (Å²) in [4.78, 5) is 11.5. The van der Waals surface area contributed by atoms with E-state index in [1.807, 2.05) is 6.92 Å². The number of rotatable bonds is 1. The van der Waals surface area contributed by atoms with E-state index in [4.69, 9.17) is 0 Å². The van der Waals surface area contributed by atoms with Gasteiger partial charge >= 0.3 is 5.97 Å². The lowest BCUT2D eigenvalue weighted by Crippen LogP contribution is -2.37. The molecule has 0 saturated heterocycles. The second kappa shape index (κ2) is 3.15. The van der Waals surface area contributed by atoms with Crippen molar-refractivity contribution in [2.75, 3.05) is 0 Å². The molecule has 0 bridgehead atoms. The zero-order valence-electron chi connectivity index (χ0n) is 11.0. The minimum atomic E-state index is -0.582. The Morgan fingerprint density at radius 3 is 2.82 bits per heavy atom. The van der Waals surface area contributed by atoms with E-state index in [9.17, 15) is 9.90 Å². The van der Waals surface area contributed by atoms with Gasteiger partial charge in [0.15, 0.2) is 0 Å². The van der Waals surface area contributed by atoms with Crippen LogP contribution in [-0.4, -0.2) is 11.1 Å². The van der Waals surface area contributed by atoms with Gasteiger partial charge in [-0.3, -0.25) is 4.79 Å². The van der Waals surface area contributed by atoms with Gasteiger partial charge in [-0.25, -0.2) is 0 Å². The van der Waals surface area contributed by atoms with E-state index < -0.39 is 11.4 Å². The van der Waals surface area contributed by atoms with E-state index in [2.05, 4.69) is 19.9 Å². The summed E-state index contributed by atoms with van der Waals surface area (Å²) in [6.07, 6.45) is 7.09. The Hall–Kier alpha value is -0.790. The molecule has 0 aromatic carbocycles. The van der Waals surface area contributed by atoms with Gasteiger partial charge in [-0.1, -0.05) is 25.5 Å². The molecule has 0 aromatic heterocycles. The quantitative estimate of drug-likeness (QED) is 0.705. The van der Waals surface area contributed by atoms with Crippen molar-refractivity contribution < 1.29 is 9.90 Å². The molecule has 0 aromatic rings. The highest BCUT2D eigenvalue weighted by atomic mass is 16.4. The summed E-state index contributed by atoms with van der Waals surface area (Å²) in [7, 11) is 0. The number of hydrogen-bond acceptors (Lipinski definition) is 1. The van der Waals surface area contributed by atoms with Crippen LogP contribution in [0.2, 0.25) is 0 Å². The maximum absolute atomic E-state index is 11.5. The average molecular weight is 234 g/mol. The Bertz CT molecular complexity index is 411. The van der Waals surface area contributed by atoms with Crippen molar-refractivity contribution in [1.82, 2.24) is 0 Å². The number of hydrogen-bond donors (Lipinski definition) is 1. The predicted molar refractivity (Wildman–Crippen MR) is 66.5 cm³/mol. The normalized spacial score (nSPS) is 52.2. The highest BCUT2D eigenvalue weighted by Crippen LogP contribution is 2.74. The van der Waals surface area contributed by atoms with E-state index in [0.29, 0.717) is 17.8 Å². The maximum atomic E-state index is 11.5. The first-order valence-corrected chi connectivity index (χ1v) is 6.86. The van der Waals surface area contributed by atoms with Gasteiger partial charge in [0.2, 0.25) is 0 Å². The third kappa shape index (κ3) is 1.14. The molecule has 0 amide bonds. The van der Waals surface area contributed by atoms with Gasteiger partial charge in [0.05, 0.1) is 5.41 Å². The van der Waals surface area contributed by atoms with Gasteiger partial charge in [-0.05, 0) is 55.8 Å². The van der Waals surface area contributed by atoms with Crippen molar-refractivity contribution in [3.63, 3.8) is 0 Å².